The van der Waals surface area contributed by atoms with Gasteiger partial charge in [0, 0.05) is 12.2 Å². The van der Waals surface area contributed by atoms with Gasteiger partial charge in [0.15, 0.2) is 0 Å². The lowest BCUT2D eigenvalue weighted by Crippen LogP contribution is -2.43. The Morgan fingerprint density at radius 1 is 1.33 bits per heavy atom. The van der Waals surface area contributed by atoms with Crippen LogP contribution in [0.15, 0.2) is 48.7 Å². The van der Waals surface area contributed by atoms with E-state index in [1.165, 1.54) is 5.57 Å². The van der Waals surface area contributed by atoms with Crippen LogP contribution in [0, 0.1) is 18.3 Å². The van der Waals surface area contributed by atoms with E-state index in [-0.39, 0.29) is 18.2 Å². The lowest BCUT2D eigenvalue weighted by atomic mass is 9.95. The first-order valence-corrected chi connectivity index (χ1v) is 9.22. The molecule has 136 valence electrons. The second-order valence-corrected chi connectivity index (χ2v) is 7.14. The lowest BCUT2D eigenvalue weighted by Gasteiger charge is -2.33. The molecule has 0 aliphatic carbocycles. The number of nitrogens with zero attached hydrogens (tertiary/aromatic N) is 3. The van der Waals surface area contributed by atoms with Crippen LogP contribution in [0.1, 0.15) is 41.6 Å². The van der Waals surface area contributed by atoms with Crippen molar-refractivity contribution in [2.45, 2.75) is 44.9 Å². The van der Waals surface area contributed by atoms with Gasteiger partial charge in [-0.1, -0.05) is 36.4 Å². The van der Waals surface area contributed by atoms with E-state index >= 15 is 0 Å². The zero-order chi connectivity index (χ0) is 18.8. The minimum absolute atomic E-state index is 0.0676. The van der Waals surface area contributed by atoms with Gasteiger partial charge in [0.1, 0.15) is 18.4 Å². The van der Waals surface area contributed by atoms with E-state index in [0.717, 1.165) is 36.0 Å². The number of pyridine rings is 1. The molecule has 2 aliphatic heterocycles. The van der Waals surface area contributed by atoms with E-state index in [1.54, 1.807) is 6.20 Å². The number of carbonyl (C=O) groups excluding carboxylic acids is 1. The summed E-state index contributed by atoms with van der Waals surface area (Å²) in [4.78, 5) is 18.8. The van der Waals surface area contributed by atoms with Gasteiger partial charge in [0.05, 0.1) is 6.04 Å². The second kappa shape index (κ2) is 7.24. The molecule has 1 fully saturated rings. The monoisotopic (exact) mass is 359 g/mol. The van der Waals surface area contributed by atoms with Crippen LogP contribution in [-0.2, 0) is 11.3 Å². The number of amides is 1. The maximum Gasteiger partial charge on any atom is 0.410 e. The van der Waals surface area contributed by atoms with Gasteiger partial charge >= 0.3 is 6.09 Å². The van der Waals surface area contributed by atoms with Crippen molar-refractivity contribution in [3.63, 3.8) is 0 Å². The third kappa shape index (κ3) is 3.43. The van der Waals surface area contributed by atoms with E-state index in [2.05, 4.69) is 17.1 Å². The largest absolute Gasteiger partial charge is 0.445 e. The van der Waals surface area contributed by atoms with Crippen molar-refractivity contribution in [1.29, 1.82) is 5.26 Å². The first-order valence-electron chi connectivity index (χ1n) is 9.22. The van der Waals surface area contributed by atoms with Crippen molar-refractivity contribution in [1.82, 2.24) is 9.88 Å². The Morgan fingerprint density at radius 2 is 2.15 bits per heavy atom. The molecule has 5 nitrogen and oxygen atoms in total. The molecule has 1 aromatic carbocycles. The molecule has 2 aliphatic rings. The van der Waals surface area contributed by atoms with Crippen LogP contribution in [0.25, 0.3) is 5.57 Å². The third-order valence-corrected chi connectivity index (χ3v) is 5.37. The Morgan fingerprint density at radius 3 is 2.85 bits per heavy atom. The fourth-order valence-electron chi connectivity index (χ4n) is 3.99. The third-order valence-electron chi connectivity index (χ3n) is 5.37. The Kier molecular flexibility index (Phi) is 4.64. The lowest BCUT2D eigenvalue weighted by molar-refractivity contribution is 0.0832. The Hall–Kier alpha value is -3.13. The Labute approximate surface area is 158 Å². The van der Waals surface area contributed by atoms with Crippen LogP contribution < -0.4 is 0 Å². The molecule has 3 heterocycles. The number of aromatic nitrogens is 1. The van der Waals surface area contributed by atoms with E-state index in [9.17, 15) is 4.79 Å². The number of rotatable bonds is 3. The van der Waals surface area contributed by atoms with Gasteiger partial charge in [-0.15, -0.1) is 0 Å². The van der Waals surface area contributed by atoms with E-state index in [0.29, 0.717) is 12.3 Å². The number of nitriles is 1. The van der Waals surface area contributed by atoms with Crippen LogP contribution >= 0.6 is 0 Å². The summed E-state index contributed by atoms with van der Waals surface area (Å²) < 4.78 is 5.55. The highest BCUT2D eigenvalue weighted by Crippen LogP contribution is 2.39. The van der Waals surface area contributed by atoms with Crippen molar-refractivity contribution < 1.29 is 9.53 Å². The number of hydrogen-bond donors (Lipinski definition) is 0. The summed E-state index contributed by atoms with van der Waals surface area (Å²) in [6.45, 7) is 2.20. The molecule has 0 saturated carbocycles. The predicted octanol–water partition coefficient (Wildman–Crippen LogP) is 4.22. The van der Waals surface area contributed by atoms with Crippen LogP contribution in [0.2, 0.25) is 0 Å². The van der Waals surface area contributed by atoms with E-state index in [4.69, 9.17) is 10.00 Å². The molecule has 5 heteroatoms. The summed E-state index contributed by atoms with van der Waals surface area (Å²) in [5.41, 5.74) is 4.58. The molecular formula is C22H21N3O2. The highest BCUT2D eigenvalue weighted by atomic mass is 16.6. The number of fused-ring (bicyclic) bond motifs is 2. The number of carbonyl (C=O) groups is 1. The zero-order valence-corrected chi connectivity index (χ0v) is 15.3. The van der Waals surface area contributed by atoms with Gasteiger partial charge in [0.25, 0.3) is 0 Å². The molecule has 2 bridgehead atoms. The summed E-state index contributed by atoms with van der Waals surface area (Å²) in [5, 5.41) is 9.06. The van der Waals surface area contributed by atoms with Gasteiger partial charge in [-0.2, -0.15) is 5.26 Å². The summed E-state index contributed by atoms with van der Waals surface area (Å²) in [7, 11) is 0. The van der Waals surface area contributed by atoms with E-state index < -0.39 is 0 Å². The first-order chi connectivity index (χ1) is 13.2. The molecule has 1 aromatic heterocycles. The fraction of sp³-hybridized carbons (Fsp3) is 0.318. The standard InChI is InChI=1S/C22H21N3O2/c1-15-9-18(13-24-21(15)12-23)17-10-19-7-8-20(11-17)25(19)22(26)27-14-16-5-3-2-4-6-16/h2-6,9-10,13,19-20H,7-8,11,14H2,1H3. The molecule has 4 rings (SSSR count). The minimum Gasteiger partial charge on any atom is -0.445 e. The van der Waals surface area contributed by atoms with Crippen molar-refractivity contribution in [2.75, 3.05) is 0 Å². The normalized spacial score (nSPS) is 20.7. The number of hydrogen-bond acceptors (Lipinski definition) is 4. The zero-order valence-electron chi connectivity index (χ0n) is 15.3. The average molecular weight is 359 g/mol. The molecule has 1 saturated heterocycles. The second-order valence-electron chi connectivity index (χ2n) is 7.14. The summed E-state index contributed by atoms with van der Waals surface area (Å²) in [6, 6.07) is 14.1. The van der Waals surface area contributed by atoms with Gasteiger partial charge in [-0.3, -0.25) is 4.90 Å². The maximum absolute atomic E-state index is 12.6. The molecule has 0 N–H and O–H groups in total. The van der Waals surface area contributed by atoms with Crippen molar-refractivity contribution >= 4 is 11.7 Å². The fourth-order valence-corrected chi connectivity index (χ4v) is 3.99. The van der Waals surface area contributed by atoms with Gasteiger partial charge in [-0.05, 0) is 54.5 Å². The summed E-state index contributed by atoms with van der Waals surface area (Å²) in [6.07, 6.45) is 6.42. The molecule has 1 amide bonds. The van der Waals surface area contributed by atoms with Crippen LogP contribution in [0.3, 0.4) is 0 Å². The van der Waals surface area contributed by atoms with Crippen LogP contribution in [-0.4, -0.2) is 28.1 Å². The molecule has 2 atom stereocenters. The first kappa shape index (κ1) is 17.3. The molecule has 2 aromatic rings. The van der Waals surface area contributed by atoms with E-state index in [1.807, 2.05) is 48.2 Å². The van der Waals surface area contributed by atoms with Gasteiger partial charge in [-0.25, -0.2) is 9.78 Å². The maximum atomic E-state index is 12.6. The van der Waals surface area contributed by atoms with Crippen molar-refractivity contribution in [2.24, 2.45) is 0 Å². The quantitative estimate of drug-likeness (QED) is 0.823. The van der Waals surface area contributed by atoms with Crippen LogP contribution in [0.4, 0.5) is 4.79 Å². The smallest absolute Gasteiger partial charge is 0.410 e. The molecule has 27 heavy (non-hydrogen) atoms. The van der Waals surface area contributed by atoms with Crippen molar-refractivity contribution in [3.05, 3.63) is 71.1 Å². The summed E-state index contributed by atoms with van der Waals surface area (Å²) >= 11 is 0. The van der Waals surface area contributed by atoms with Crippen LogP contribution in [0.5, 0.6) is 0 Å². The SMILES string of the molecule is Cc1cc(C2=CC3CCC(C2)N3C(=O)OCc2ccccc2)cnc1C#N. The molecular weight excluding hydrogens is 338 g/mol. The highest BCUT2D eigenvalue weighted by Gasteiger charge is 2.40. The average Bonchev–Trinajstić information content (AvgIpc) is 2.96. The van der Waals surface area contributed by atoms with Gasteiger partial charge < -0.3 is 4.74 Å². The summed E-state index contributed by atoms with van der Waals surface area (Å²) in [5.74, 6) is 0. The predicted molar refractivity (Wildman–Crippen MR) is 102 cm³/mol. The molecule has 0 radical (unpaired) electrons. The van der Waals surface area contributed by atoms with Gasteiger partial charge in [0.2, 0.25) is 0 Å². The Balaban J connectivity index is 1.48. The van der Waals surface area contributed by atoms with Crippen molar-refractivity contribution in [3.8, 4) is 6.07 Å². The Bertz CT molecular complexity index is 930. The highest BCUT2D eigenvalue weighted by molar-refractivity contribution is 5.75. The topological polar surface area (TPSA) is 66.2 Å². The number of aryl methyl sites for hydroxylation is 1. The minimum atomic E-state index is -0.240. The molecule has 2 unspecified atom stereocenters. The number of ether oxygens (including phenoxy) is 1. The number of benzene rings is 1. The molecule has 0 spiro atoms.